The van der Waals surface area contributed by atoms with Crippen LogP contribution in [0, 0.1) is 0 Å². The normalized spacial score (nSPS) is 30.0. The first-order valence-corrected chi connectivity index (χ1v) is 4.46. The molecule has 1 heteroatoms. The van der Waals surface area contributed by atoms with E-state index in [9.17, 15) is 0 Å². The van der Waals surface area contributed by atoms with E-state index in [1.165, 1.54) is 18.5 Å². The summed E-state index contributed by atoms with van der Waals surface area (Å²) in [5.41, 5.74) is 3.03. The van der Waals surface area contributed by atoms with Crippen molar-refractivity contribution in [3.05, 3.63) is 47.7 Å². The van der Waals surface area contributed by atoms with Gasteiger partial charge in [-0.1, -0.05) is 24.3 Å². The molecule has 2 aliphatic heterocycles. The van der Waals surface area contributed by atoms with E-state index in [0.29, 0.717) is 6.04 Å². The molecule has 0 radical (unpaired) electrons. The summed E-state index contributed by atoms with van der Waals surface area (Å²) in [5, 5.41) is 0. The van der Waals surface area contributed by atoms with Gasteiger partial charge in [0.15, 0.2) is 0 Å². The molecule has 0 aromatic rings. The third-order valence-electron chi connectivity index (χ3n) is 2.82. The number of hydrogen-bond acceptors (Lipinski definition) is 1. The number of rotatable bonds is 0. The van der Waals surface area contributed by atoms with Crippen LogP contribution in [0.15, 0.2) is 47.7 Å². The van der Waals surface area contributed by atoms with Gasteiger partial charge in [0.1, 0.15) is 0 Å². The Hall–Kier alpha value is -1.24. The SMILES string of the molecule is C1=CC2=CC=CN3CCC(=C1)C23. The van der Waals surface area contributed by atoms with E-state index in [1.807, 2.05) is 0 Å². The van der Waals surface area contributed by atoms with Crippen molar-refractivity contribution in [2.24, 2.45) is 0 Å². The van der Waals surface area contributed by atoms with Crippen molar-refractivity contribution in [3.63, 3.8) is 0 Å². The lowest BCUT2D eigenvalue weighted by Gasteiger charge is -2.28. The number of allylic oxidation sites excluding steroid dienone is 4. The van der Waals surface area contributed by atoms with Gasteiger partial charge >= 0.3 is 0 Å². The fraction of sp³-hybridized carbons (Fsp3) is 0.273. The van der Waals surface area contributed by atoms with E-state index in [-0.39, 0.29) is 0 Å². The quantitative estimate of drug-likeness (QED) is 0.520. The predicted molar refractivity (Wildman–Crippen MR) is 49.6 cm³/mol. The topological polar surface area (TPSA) is 3.24 Å². The van der Waals surface area contributed by atoms with Gasteiger partial charge < -0.3 is 4.90 Å². The first kappa shape index (κ1) is 6.30. The van der Waals surface area contributed by atoms with Crippen LogP contribution in [-0.2, 0) is 0 Å². The summed E-state index contributed by atoms with van der Waals surface area (Å²) >= 11 is 0. The van der Waals surface area contributed by atoms with Gasteiger partial charge in [-0.2, -0.15) is 0 Å². The molecule has 1 atom stereocenters. The molecule has 3 aliphatic rings. The molecule has 1 unspecified atom stereocenters. The maximum absolute atomic E-state index is 2.42. The third kappa shape index (κ3) is 0.685. The summed E-state index contributed by atoms with van der Waals surface area (Å²) in [7, 11) is 0. The molecule has 1 aliphatic carbocycles. The summed E-state index contributed by atoms with van der Waals surface area (Å²) in [4.78, 5) is 2.42. The second-order valence-corrected chi connectivity index (χ2v) is 3.50. The Labute approximate surface area is 72.4 Å². The van der Waals surface area contributed by atoms with Crippen LogP contribution in [-0.4, -0.2) is 17.5 Å². The zero-order valence-electron chi connectivity index (χ0n) is 6.90. The van der Waals surface area contributed by atoms with E-state index in [0.717, 1.165) is 0 Å². The van der Waals surface area contributed by atoms with Crippen LogP contribution in [0.1, 0.15) is 6.42 Å². The van der Waals surface area contributed by atoms with Crippen molar-refractivity contribution < 1.29 is 0 Å². The summed E-state index contributed by atoms with van der Waals surface area (Å²) < 4.78 is 0. The molecular weight excluding hydrogens is 146 g/mol. The number of nitrogens with zero attached hydrogens (tertiary/aromatic N) is 1. The summed E-state index contributed by atoms with van der Waals surface area (Å²) in [6.07, 6.45) is 14.4. The molecule has 2 heterocycles. The zero-order chi connectivity index (χ0) is 7.97. The Morgan fingerprint density at radius 2 is 2.25 bits per heavy atom. The third-order valence-corrected chi connectivity index (χ3v) is 2.82. The molecule has 0 amide bonds. The Bertz CT molecular complexity index is 331. The van der Waals surface area contributed by atoms with Gasteiger partial charge in [-0.25, -0.2) is 0 Å². The Balaban J connectivity index is 2.15. The molecule has 0 spiro atoms. The van der Waals surface area contributed by atoms with Gasteiger partial charge in [0.25, 0.3) is 0 Å². The van der Waals surface area contributed by atoms with Gasteiger partial charge in [-0.05, 0) is 29.8 Å². The van der Waals surface area contributed by atoms with E-state index in [4.69, 9.17) is 0 Å². The minimum Gasteiger partial charge on any atom is -0.366 e. The average Bonchev–Trinajstić information content (AvgIpc) is 2.52. The highest BCUT2D eigenvalue weighted by atomic mass is 15.2. The largest absolute Gasteiger partial charge is 0.366 e. The molecule has 3 rings (SSSR count). The van der Waals surface area contributed by atoms with Gasteiger partial charge in [0, 0.05) is 6.54 Å². The molecule has 12 heavy (non-hydrogen) atoms. The van der Waals surface area contributed by atoms with E-state index in [1.54, 1.807) is 5.57 Å². The van der Waals surface area contributed by atoms with Crippen LogP contribution in [0.5, 0.6) is 0 Å². The van der Waals surface area contributed by atoms with E-state index >= 15 is 0 Å². The van der Waals surface area contributed by atoms with E-state index in [2.05, 4.69) is 41.5 Å². The molecule has 0 N–H and O–H groups in total. The fourth-order valence-electron chi connectivity index (χ4n) is 2.26. The second-order valence-electron chi connectivity index (χ2n) is 3.50. The van der Waals surface area contributed by atoms with Gasteiger partial charge in [-0.15, -0.1) is 0 Å². The molecule has 0 bridgehead atoms. The highest BCUT2D eigenvalue weighted by Crippen LogP contribution is 2.34. The minimum absolute atomic E-state index is 0.583. The van der Waals surface area contributed by atoms with Gasteiger partial charge in [0.05, 0.1) is 6.04 Å². The van der Waals surface area contributed by atoms with Gasteiger partial charge in [0.2, 0.25) is 0 Å². The Kier molecular flexibility index (Phi) is 1.12. The predicted octanol–water partition coefficient (Wildman–Crippen LogP) is 2.01. The minimum atomic E-state index is 0.583. The molecule has 0 aromatic carbocycles. The van der Waals surface area contributed by atoms with Crippen LogP contribution in [0.3, 0.4) is 0 Å². The molecule has 1 fully saturated rings. The molecule has 60 valence electrons. The fourth-order valence-corrected chi connectivity index (χ4v) is 2.26. The Morgan fingerprint density at radius 1 is 1.25 bits per heavy atom. The van der Waals surface area contributed by atoms with Crippen LogP contribution >= 0.6 is 0 Å². The lowest BCUT2D eigenvalue weighted by atomic mass is 9.93. The van der Waals surface area contributed by atoms with Crippen molar-refractivity contribution >= 4 is 0 Å². The van der Waals surface area contributed by atoms with Crippen molar-refractivity contribution in [1.82, 2.24) is 4.90 Å². The van der Waals surface area contributed by atoms with Crippen LogP contribution in [0.4, 0.5) is 0 Å². The molecule has 1 saturated heterocycles. The van der Waals surface area contributed by atoms with Crippen molar-refractivity contribution in [1.29, 1.82) is 0 Å². The number of hydrogen-bond donors (Lipinski definition) is 0. The zero-order valence-corrected chi connectivity index (χ0v) is 6.90. The van der Waals surface area contributed by atoms with Crippen LogP contribution in [0.2, 0.25) is 0 Å². The Morgan fingerprint density at radius 3 is 3.25 bits per heavy atom. The lowest BCUT2D eigenvalue weighted by Crippen LogP contribution is -2.28. The van der Waals surface area contributed by atoms with Crippen LogP contribution < -0.4 is 0 Å². The lowest BCUT2D eigenvalue weighted by molar-refractivity contribution is 0.403. The van der Waals surface area contributed by atoms with Crippen molar-refractivity contribution in [2.45, 2.75) is 12.5 Å². The van der Waals surface area contributed by atoms with E-state index < -0.39 is 0 Å². The second kappa shape index (κ2) is 2.13. The maximum Gasteiger partial charge on any atom is 0.0754 e. The highest BCUT2D eigenvalue weighted by molar-refractivity contribution is 5.47. The molecule has 1 nitrogen and oxygen atoms in total. The monoisotopic (exact) mass is 157 g/mol. The average molecular weight is 157 g/mol. The maximum atomic E-state index is 2.42. The molecule has 0 saturated carbocycles. The van der Waals surface area contributed by atoms with Crippen molar-refractivity contribution in [2.75, 3.05) is 6.54 Å². The van der Waals surface area contributed by atoms with Crippen LogP contribution in [0.25, 0.3) is 0 Å². The first-order chi connectivity index (χ1) is 5.95. The molecule has 0 aromatic heterocycles. The highest BCUT2D eigenvalue weighted by Gasteiger charge is 2.30. The summed E-state index contributed by atoms with van der Waals surface area (Å²) in [6, 6.07) is 0.583. The van der Waals surface area contributed by atoms with Crippen molar-refractivity contribution in [3.8, 4) is 0 Å². The smallest absolute Gasteiger partial charge is 0.0754 e. The summed E-state index contributed by atoms with van der Waals surface area (Å²) in [5.74, 6) is 0. The molecular formula is C11H11N. The first-order valence-electron chi connectivity index (χ1n) is 4.46. The van der Waals surface area contributed by atoms with Gasteiger partial charge in [-0.3, -0.25) is 0 Å². The standard InChI is InChI=1S/C11H11N/c1-3-9-5-2-7-12-8-6-10(4-1)11(9)12/h1-5,7,11H,6,8H2. The summed E-state index contributed by atoms with van der Waals surface area (Å²) in [6.45, 7) is 1.19.